The van der Waals surface area contributed by atoms with E-state index in [1.54, 1.807) is 38.5 Å². The molecule has 0 bridgehead atoms. The molecule has 0 saturated heterocycles. The first-order valence-electron chi connectivity index (χ1n) is 7.83. The molecule has 0 radical (unpaired) electrons. The van der Waals surface area contributed by atoms with Crippen LogP contribution < -0.4 is 19.5 Å². The molecule has 0 fully saturated rings. The van der Waals surface area contributed by atoms with Gasteiger partial charge in [0.1, 0.15) is 23.9 Å². The van der Waals surface area contributed by atoms with Crippen LogP contribution in [0, 0.1) is 0 Å². The summed E-state index contributed by atoms with van der Waals surface area (Å²) >= 11 is 0. The van der Waals surface area contributed by atoms with Gasteiger partial charge in [-0.3, -0.25) is 4.79 Å². The van der Waals surface area contributed by atoms with Crippen LogP contribution in [-0.2, 0) is 4.79 Å². The summed E-state index contributed by atoms with van der Waals surface area (Å²) in [4.78, 5) is 12.2. The number of methoxy groups -OCH3 is 2. The van der Waals surface area contributed by atoms with Gasteiger partial charge in [-0.05, 0) is 29.8 Å². The second-order valence-corrected chi connectivity index (χ2v) is 5.43. The molecule has 5 heteroatoms. The highest BCUT2D eigenvalue weighted by Gasteiger charge is 2.10. The van der Waals surface area contributed by atoms with Crippen LogP contribution >= 0.6 is 0 Å². The van der Waals surface area contributed by atoms with Gasteiger partial charge >= 0.3 is 0 Å². The average molecular weight is 337 g/mol. The summed E-state index contributed by atoms with van der Waals surface area (Å²) in [6.07, 6.45) is 5.23. The molecule has 3 rings (SSSR count). The summed E-state index contributed by atoms with van der Waals surface area (Å²) in [6, 6.07) is 13.0. The van der Waals surface area contributed by atoms with Crippen molar-refractivity contribution in [2.45, 2.75) is 0 Å². The lowest BCUT2D eigenvalue weighted by Gasteiger charge is -2.15. The summed E-state index contributed by atoms with van der Waals surface area (Å²) in [6.45, 7) is 0.434. The van der Waals surface area contributed by atoms with Gasteiger partial charge in [0.2, 0.25) is 5.91 Å². The first-order valence-corrected chi connectivity index (χ1v) is 7.83. The average Bonchev–Trinajstić information content (AvgIpc) is 2.66. The summed E-state index contributed by atoms with van der Waals surface area (Å²) in [5.74, 6) is 1.80. The highest BCUT2D eigenvalue weighted by Crippen LogP contribution is 2.29. The number of carbonyl (C=O) groups is 1. The van der Waals surface area contributed by atoms with E-state index in [9.17, 15) is 4.79 Å². The van der Waals surface area contributed by atoms with Crippen molar-refractivity contribution < 1.29 is 19.0 Å². The van der Waals surface area contributed by atoms with Gasteiger partial charge in [0, 0.05) is 17.7 Å². The molecule has 5 nitrogen and oxygen atoms in total. The van der Waals surface area contributed by atoms with Gasteiger partial charge in [-0.25, -0.2) is 0 Å². The first kappa shape index (κ1) is 16.6. The molecule has 0 saturated carbocycles. The fraction of sp³-hybridized carbons (Fsp3) is 0.150. The Bertz CT molecular complexity index is 839. The van der Waals surface area contributed by atoms with Crippen LogP contribution in [0.5, 0.6) is 17.2 Å². The predicted molar refractivity (Wildman–Crippen MR) is 97.2 cm³/mol. The van der Waals surface area contributed by atoms with E-state index >= 15 is 0 Å². The lowest BCUT2D eigenvalue weighted by Crippen LogP contribution is -2.10. The van der Waals surface area contributed by atoms with Crippen molar-refractivity contribution in [3.8, 4) is 17.2 Å². The van der Waals surface area contributed by atoms with Crippen LogP contribution in [-0.4, -0.2) is 26.7 Å². The van der Waals surface area contributed by atoms with Crippen molar-refractivity contribution >= 4 is 17.7 Å². The van der Waals surface area contributed by atoms with E-state index in [4.69, 9.17) is 14.2 Å². The zero-order valence-electron chi connectivity index (χ0n) is 14.1. The SMILES string of the molecule is COc1ccc(OC)c(NC(=O)/C=C/C2=Cc3ccccc3OC2)c1. The minimum atomic E-state index is -0.258. The number of rotatable bonds is 5. The van der Waals surface area contributed by atoms with Crippen molar-refractivity contribution in [1.29, 1.82) is 0 Å². The summed E-state index contributed by atoms with van der Waals surface area (Å²) in [5.41, 5.74) is 2.48. The number of ether oxygens (including phenoxy) is 3. The van der Waals surface area contributed by atoms with Crippen LogP contribution in [0.3, 0.4) is 0 Å². The molecule has 2 aromatic rings. The van der Waals surface area contributed by atoms with E-state index in [1.807, 2.05) is 30.3 Å². The van der Waals surface area contributed by atoms with E-state index in [0.717, 1.165) is 16.9 Å². The molecule has 0 atom stereocenters. The monoisotopic (exact) mass is 337 g/mol. The van der Waals surface area contributed by atoms with Crippen LogP contribution in [0.1, 0.15) is 5.56 Å². The third kappa shape index (κ3) is 4.01. The van der Waals surface area contributed by atoms with Crippen molar-refractivity contribution in [2.24, 2.45) is 0 Å². The van der Waals surface area contributed by atoms with E-state index in [1.165, 1.54) is 6.08 Å². The normalized spacial score (nSPS) is 12.8. The van der Waals surface area contributed by atoms with Crippen molar-refractivity contribution in [3.05, 3.63) is 65.8 Å². The standard InChI is InChI=1S/C20H19NO4/c1-23-16-8-9-19(24-2)17(12-16)21-20(22)10-7-14-11-15-5-3-4-6-18(15)25-13-14/h3-12H,13H2,1-2H3,(H,21,22)/b10-7+. The maximum Gasteiger partial charge on any atom is 0.248 e. The zero-order chi connectivity index (χ0) is 17.6. The molecule has 0 unspecified atom stereocenters. The fourth-order valence-corrected chi connectivity index (χ4v) is 2.50. The molecule has 128 valence electrons. The second kappa shape index (κ2) is 7.57. The Hall–Kier alpha value is -3.21. The van der Waals surface area contributed by atoms with Crippen LogP contribution in [0.25, 0.3) is 6.08 Å². The molecule has 1 aliphatic rings. The quantitative estimate of drug-likeness (QED) is 0.846. The molecule has 2 aromatic carbocycles. The third-order valence-electron chi connectivity index (χ3n) is 3.77. The Labute approximate surface area is 146 Å². The maximum atomic E-state index is 12.2. The van der Waals surface area contributed by atoms with Gasteiger partial charge < -0.3 is 19.5 Å². The predicted octanol–water partition coefficient (Wildman–Crippen LogP) is 3.67. The maximum absolute atomic E-state index is 12.2. The number of hydrogen-bond acceptors (Lipinski definition) is 4. The summed E-state index contributed by atoms with van der Waals surface area (Å²) in [7, 11) is 3.12. The Morgan fingerprint density at radius 3 is 2.80 bits per heavy atom. The minimum absolute atomic E-state index is 0.258. The summed E-state index contributed by atoms with van der Waals surface area (Å²) in [5, 5.41) is 2.80. The molecule has 25 heavy (non-hydrogen) atoms. The largest absolute Gasteiger partial charge is 0.497 e. The Morgan fingerprint density at radius 2 is 2.00 bits per heavy atom. The highest BCUT2D eigenvalue weighted by atomic mass is 16.5. The number of nitrogens with one attached hydrogen (secondary N) is 1. The number of anilines is 1. The number of fused-ring (bicyclic) bond motifs is 1. The zero-order valence-corrected chi connectivity index (χ0v) is 14.1. The molecule has 1 amide bonds. The van der Waals surface area contributed by atoms with Gasteiger partial charge in [-0.2, -0.15) is 0 Å². The van der Waals surface area contributed by atoms with Crippen molar-refractivity contribution in [1.82, 2.24) is 0 Å². The van der Waals surface area contributed by atoms with Gasteiger partial charge in [0.25, 0.3) is 0 Å². The molecule has 0 spiro atoms. The minimum Gasteiger partial charge on any atom is -0.497 e. The highest BCUT2D eigenvalue weighted by molar-refractivity contribution is 6.00. The van der Waals surface area contributed by atoms with Crippen molar-refractivity contribution in [3.63, 3.8) is 0 Å². The van der Waals surface area contributed by atoms with E-state index in [0.29, 0.717) is 23.8 Å². The Balaban J connectivity index is 1.71. The lowest BCUT2D eigenvalue weighted by atomic mass is 10.1. The van der Waals surface area contributed by atoms with Gasteiger partial charge in [0.15, 0.2) is 0 Å². The molecule has 0 aliphatic carbocycles. The Morgan fingerprint density at radius 1 is 1.16 bits per heavy atom. The van der Waals surface area contributed by atoms with Crippen molar-refractivity contribution in [2.75, 3.05) is 26.1 Å². The molecular weight excluding hydrogens is 318 g/mol. The van der Waals surface area contributed by atoms with E-state index < -0.39 is 0 Å². The third-order valence-corrected chi connectivity index (χ3v) is 3.77. The number of hydrogen-bond donors (Lipinski definition) is 1. The lowest BCUT2D eigenvalue weighted by molar-refractivity contribution is -0.111. The second-order valence-electron chi connectivity index (χ2n) is 5.43. The van der Waals surface area contributed by atoms with E-state index in [-0.39, 0.29) is 5.91 Å². The molecule has 1 N–H and O–H groups in total. The number of benzene rings is 2. The van der Waals surface area contributed by atoms with Crippen LogP contribution in [0.4, 0.5) is 5.69 Å². The topological polar surface area (TPSA) is 56.8 Å². The smallest absolute Gasteiger partial charge is 0.248 e. The summed E-state index contributed by atoms with van der Waals surface area (Å²) < 4.78 is 16.1. The van der Waals surface area contributed by atoms with Crippen LogP contribution in [0.2, 0.25) is 0 Å². The van der Waals surface area contributed by atoms with E-state index in [2.05, 4.69) is 5.32 Å². The first-order chi connectivity index (χ1) is 12.2. The van der Waals surface area contributed by atoms with Gasteiger partial charge in [-0.15, -0.1) is 0 Å². The number of para-hydroxylation sites is 1. The number of amides is 1. The van der Waals surface area contributed by atoms with Gasteiger partial charge in [0.05, 0.1) is 19.9 Å². The Kier molecular flexibility index (Phi) is 5.04. The molecule has 1 heterocycles. The van der Waals surface area contributed by atoms with Gasteiger partial charge in [-0.1, -0.05) is 24.3 Å². The van der Waals surface area contributed by atoms with Crippen LogP contribution in [0.15, 0.2) is 60.2 Å². The fourth-order valence-electron chi connectivity index (χ4n) is 2.50. The molecule has 0 aromatic heterocycles. The molecule has 1 aliphatic heterocycles. The number of carbonyl (C=O) groups excluding carboxylic acids is 1. The molecular formula is C20H19NO4.